The van der Waals surface area contributed by atoms with Crippen LogP contribution in [-0.2, 0) is 26.2 Å². The van der Waals surface area contributed by atoms with Crippen molar-refractivity contribution in [3.05, 3.63) is 46.5 Å². The van der Waals surface area contributed by atoms with E-state index in [-0.39, 0.29) is 13.2 Å². The van der Waals surface area contributed by atoms with Crippen molar-refractivity contribution in [2.75, 3.05) is 33.2 Å². The van der Waals surface area contributed by atoms with Crippen LogP contribution in [0.4, 0.5) is 5.82 Å². The molecule has 0 atom stereocenters. The topological polar surface area (TPSA) is 66.0 Å². The second-order valence-corrected chi connectivity index (χ2v) is 9.01. The SMILES string of the molecule is COc1c(C2CC2)cc2c(c1OC)CC[n+]1c-2cc2cc(CO)c(CO)cc2c1N(C)C. The summed E-state index contributed by atoms with van der Waals surface area (Å²) >= 11 is 0. The Kier molecular flexibility index (Phi) is 5.22. The zero-order valence-corrected chi connectivity index (χ0v) is 19.2. The molecule has 0 unspecified atom stereocenters. The fraction of sp³-hybridized carbons (Fsp3) is 0.423. The molecule has 1 fully saturated rings. The normalized spacial score (nSPS) is 14.8. The van der Waals surface area contributed by atoms with Gasteiger partial charge in [0.2, 0.25) is 0 Å². The fourth-order valence-corrected chi connectivity index (χ4v) is 5.26. The molecule has 3 aromatic rings. The Morgan fingerprint density at radius 2 is 1.66 bits per heavy atom. The van der Waals surface area contributed by atoms with Gasteiger partial charge >= 0.3 is 0 Å². The summed E-state index contributed by atoms with van der Waals surface area (Å²) in [5, 5.41) is 21.8. The van der Waals surface area contributed by atoms with Gasteiger partial charge in [0.1, 0.15) is 5.69 Å². The molecule has 0 spiro atoms. The Hall–Kier alpha value is -2.83. The number of aliphatic hydroxyl groups is 2. The van der Waals surface area contributed by atoms with E-state index in [4.69, 9.17) is 9.47 Å². The van der Waals surface area contributed by atoms with Crippen LogP contribution in [0, 0.1) is 0 Å². The Balaban J connectivity index is 1.84. The Labute approximate surface area is 188 Å². The van der Waals surface area contributed by atoms with E-state index in [2.05, 4.69) is 35.7 Å². The average molecular weight is 436 g/mol. The summed E-state index contributed by atoms with van der Waals surface area (Å²) in [6, 6.07) is 8.54. The van der Waals surface area contributed by atoms with Crippen LogP contribution in [-0.4, -0.2) is 38.5 Å². The number of anilines is 1. The van der Waals surface area contributed by atoms with E-state index in [0.29, 0.717) is 5.92 Å². The van der Waals surface area contributed by atoms with Gasteiger partial charge in [0, 0.05) is 23.1 Å². The molecule has 2 N–H and O–H groups in total. The number of nitrogens with zero attached hydrogens (tertiary/aromatic N) is 2. The highest BCUT2D eigenvalue weighted by atomic mass is 16.5. The standard InChI is InChI=1S/C26H31N2O4/c1-27(2)26-21-10-18(14-30)17(13-29)9-16(21)11-23-22-12-20(15-5-6-15)25(32-4)24(31-3)19(22)7-8-28(23)26/h9-12,15,29-30H,5-8,13-14H2,1-4H3/q+1. The molecular weight excluding hydrogens is 404 g/mol. The second kappa shape index (κ2) is 7.94. The lowest BCUT2D eigenvalue weighted by molar-refractivity contribution is -0.674. The number of pyridine rings is 1. The lowest BCUT2D eigenvalue weighted by Gasteiger charge is -2.27. The summed E-state index contributed by atoms with van der Waals surface area (Å²) < 4.78 is 14.1. The Morgan fingerprint density at radius 1 is 0.969 bits per heavy atom. The van der Waals surface area contributed by atoms with Crippen molar-refractivity contribution in [2.45, 2.75) is 44.9 Å². The predicted molar refractivity (Wildman–Crippen MR) is 125 cm³/mol. The first-order chi connectivity index (χ1) is 15.5. The maximum Gasteiger partial charge on any atom is 0.284 e. The maximum atomic E-state index is 9.86. The van der Waals surface area contributed by atoms with Crippen molar-refractivity contribution >= 4 is 16.6 Å². The van der Waals surface area contributed by atoms with E-state index in [1.807, 2.05) is 12.1 Å². The molecule has 6 heteroatoms. The van der Waals surface area contributed by atoms with Gasteiger partial charge in [-0.05, 0) is 59.5 Å². The average Bonchev–Trinajstić information content (AvgIpc) is 3.65. The highest BCUT2D eigenvalue weighted by Gasteiger charge is 2.35. The second-order valence-electron chi connectivity index (χ2n) is 9.01. The van der Waals surface area contributed by atoms with Crippen molar-refractivity contribution in [3.8, 4) is 22.8 Å². The van der Waals surface area contributed by atoms with E-state index in [1.54, 1.807) is 14.2 Å². The predicted octanol–water partition coefficient (Wildman–Crippen LogP) is 3.30. The first kappa shape index (κ1) is 21.0. The molecule has 0 bridgehead atoms. The minimum absolute atomic E-state index is 0.0922. The minimum atomic E-state index is -0.0964. The largest absolute Gasteiger partial charge is 0.493 e. The number of benzene rings is 2. The molecule has 168 valence electrons. The molecule has 0 radical (unpaired) electrons. The van der Waals surface area contributed by atoms with Crippen molar-refractivity contribution in [2.24, 2.45) is 0 Å². The number of ether oxygens (including phenoxy) is 2. The molecule has 5 rings (SSSR count). The molecule has 1 aromatic heterocycles. The van der Waals surface area contributed by atoms with Gasteiger partial charge in [-0.15, -0.1) is 0 Å². The van der Waals surface area contributed by atoms with Crippen molar-refractivity contribution < 1.29 is 24.3 Å². The van der Waals surface area contributed by atoms with E-state index >= 15 is 0 Å². The van der Waals surface area contributed by atoms with Gasteiger partial charge in [-0.25, -0.2) is 4.57 Å². The highest BCUT2D eigenvalue weighted by molar-refractivity contribution is 5.94. The first-order valence-corrected chi connectivity index (χ1v) is 11.2. The third-order valence-corrected chi connectivity index (χ3v) is 6.87. The first-order valence-electron chi connectivity index (χ1n) is 11.2. The van der Waals surface area contributed by atoms with E-state index in [0.717, 1.165) is 57.9 Å². The van der Waals surface area contributed by atoms with Gasteiger partial charge < -0.3 is 19.7 Å². The van der Waals surface area contributed by atoms with Crippen LogP contribution in [0.3, 0.4) is 0 Å². The molecule has 0 amide bonds. The maximum absolute atomic E-state index is 9.86. The number of hydrogen-bond donors (Lipinski definition) is 2. The molecule has 2 aliphatic rings. The molecule has 2 heterocycles. The van der Waals surface area contributed by atoms with Gasteiger partial charge in [-0.1, -0.05) is 0 Å². The van der Waals surface area contributed by atoms with Crippen molar-refractivity contribution in [3.63, 3.8) is 0 Å². The van der Waals surface area contributed by atoms with Crippen LogP contribution in [0.25, 0.3) is 22.0 Å². The Morgan fingerprint density at radius 3 is 2.25 bits per heavy atom. The van der Waals surface area contributed by atoms with Gasteiger partial charge in [0.05, 0.1) is 53.5 Å². The molecule has 1 saturated carbocycles. The van der Waals surface area contributed by atoms with E-state index < -0.39 is 0 Å². The molecule has 0 saturated heterocycles. The van der Waals surface area contributed by atoms with Crippen LogP contribution in [0.15, 0.2) is 24.3 Å². The number of aliphatic hydroxyl groups excluding tert-OH is 2. The van der Waals surface area contributed by atoms with Crippen molar-refractivity contribution in [1.82, 2.24) is 0 Å². The van der Waals surface area contributed by atoms with Gasteiger partial charge in [0.15, 0.2) is 11.5 Å². The summed E-state index contributed by atoms with van der Waals surface area (Å²) in [4.78, 5) is 2.14. The summed E-state index contributed by atoms with van der Waals surface area (Å²) in [6.07, 6.45) is 3.22. The molecule has 32 heavy (non-hydrogen) atoms. The quantitative estimate of drug-likeness (QED) is 0.582. The lowest BCUT2D eigenvalue weighted by atomic mass is 9.90. The van der Waals surface area contributed by atoms with Gasteiger partial charge in [-0.2, -0.15) is 0 Å². The monoisotopic (exact) mass is 435 g/mol. The summed E-state index contributed by atoms with van der Waals surface area (Å²) in [5.74, 6) is 3.37. The lowest BCUT2D eigenvalue weighted by Crippen LogP contribution is -2.45. The number of hydrogen-bond acceptors (Lipinski definition) is 5. The molecule has 6 nitrogen and oxygen atoms in total. The molecular formula is C26H31N2O4+. The zero-order valence-electron chi connectivity index (χ0n) is 19.2. The summed E-state index contributed by atoms with van der Waals surface area (Å²) in [6.45, 7) is 0.635. The minimum Gasteiger partial charge on any atom is -0.493 e. The van der Waals surface area contributed by atoms with Crippen molar-refractivity contribution in [1.29, 1.82) is 0 Å². The smallest absolute Gasteiger partial charge is 0.284 e. The van der Waals surface area contributed by atoms with E-state index in [1.165, 1.54) is 29.5 Å². The summed E-state index contributed by atoms with van der Waals surface area (Å²) in [5.41, 5.74) is 6.28. The highest BCUT2D eigenvalue weighted by Crippen LogP contribution is 2.51. The van der Waals surface area contributed by atoms with Crippen LogP contribution in [0.2, 0.25) is 0 Å². The summed E-state index contributed by atoms with van der Waals surface area (Å²) in [7, 11) is 7.57. The third kappa shape index (κ3) is 3.12. The van der Waals surface area contributed by atoms with Gasteiger partial charge in [-0.3, -0.25) is 4.90 Å². The number of aromatic nitrogens is 1. The fourth-order valence-electron chi connectivity index (χ4n) is 5.26. The number of fused-ring (bicyclic) bond motifs is 4. The third-order valence-electron chi connectivity index (χ3n) is 6.87. The van der Waals surface area contributed by atoms with Crippen LogP contribution < -0.4 is 18.9 Å². The number of methoxy groups -OCH3 is 2. The van der Waals surface area contributed by atoms with Crippen LogP contribution in [0.5, 0.6) is 11.5 Å². The van der Waals surface area contributed by atoms with Crippen LogP contribution in [0.1, 0.15) is 41.0 Å². The molecule has 2 aromatic carbocycles. The molecule has 1 aliphatic carbocycles. The van der Waals surface area contributed by atoms with Gasteiger partial charge in [0.25, 0.3) is 5.82 Å². The van der Waals surface area contributed by atoms with Crippen LogP contribution >= 0.6 is 0 Å². The Bertz CT molecular complexity index is 1210. The zero-order chi connectivity index (χ0) is 22.6. The molecule has 1 aliphatic heterocycles. The number of rotatable bonds is 6. The van der Waals surface area contributed by atoms with E-state index in [9.17, 15) is 10.2 Å².